The van der Waals surface area contributed by atoms with Gasteiger partial charge in [0.15, 0.2) is 8.07 Å². The van der Waals surface area contributed by atoms with Gasteiger partial charge in [-0.05, 0) is 67.3 Å². The molecule has 8 aromatic rings. The van der Waals surface area contributed by atoms with E-state index in [0.29, 0.717) is 0 Å². The van der Waals surface area contributed by atoms with Crippen LogP contribution in [-0.4, -0.2) is 21.2 Å². The zero-order valence-corrected chi connectivity index (χ0v) is 47.1. The summed E-state index contributed by atoms with van der Waals surface area (Å²) in [6, 6.07) is 81.3. The third-order valence-electron chi connectivity index (χ3n) is 11.8. The van der Waals surface area contributed by atoms with Crippen LogP contribution >= 0.6 is 0 Å². The first kappa shape index (κ1) is 59.7. The average Bonchev–Trinajstić information content (AvgIpc) is 3.49. The number of para-hydroxylation sites is 4. The Morgan fingerprint density at radius 1 is 0.271 bits per heavy atom. The number of anilines is 4. The maximum atomic E-state index is 2.60. The number of benzene rings is 8. The quantitative estimate of drug-likeness (QED) is 0.147. The lowest BCUT2D eigenvalue weighted by molar-refractivity contribution is 0.714. The van der Waals surface area contributed by atoms with E-state index in [0.717, 1.165) is 13.1 Å². The Labute approximate surface area is 429 Å². The van der Waals surface area contributed by atoms with Crippen LogP contribution in [0.25, 0.3) is 0 Å². The van der Waals surface area contributed by atoms with Crippen molar-refractivity contribution in [2.24, 2.45) is 0 Å². The lowest BCUT2D eigenvalue weighted by Crippen LogP contribution is -2.77. The van der Waals surface area contributed by atoms with Crippen molar-refractivity contribution in [1.29, 1.82) is 0 Å². The minimum atomic E-state index is -2.65. The molecule has 0 saturated carbocycles. The topological polar surface area (TPSA) is 6.48 Å². The zero-order valence-electron chi connectivity index (χ0n) is 46.1. The molecule has 0 aliphatic carbocycles. The van der Waals surface area contributed by atoms with E-state index in [4.69, 9.17) is 0 Å². The van der Waals surface area contributed by atoms with E-state index in [-0.39, 0.29) is 0 Å². The molecule has 0 atom stereocenters. The summed E-state index contributed by atoms with van der Waals surface area (Å²) in [6.07, 6.45) is 0. The largest absolute Gasteiger partial charge is 0.340 e. The van der Waals surface area contributed by atoms with Gasteiger partial charge >= 0.3 is 0 Å². The summed E-state index contributed by atoms with van der Waals surface area (Å²) in [5, 5.41) is 5.70. The molecular weight excluding hydrogens is 861 g/mol. The number of hydrogen-bond acceptors (Lipinski definition) is 2. The average molecular weight is 950 g/mol. The highest BCUT2D eigenvalue weighted by molar-refractivity contribution is 7.21. The summed E-state index contributed by atoms with van der Waals surface area (Å²) in [5.74, 6) is 0. The van der Waals surface area contributed by atoms with Crippen LogP contribution in [0, 0.1) is 0 Å². The summed E-state index contributed by atoms with van der Waals surface area (Å²) in [7, 11) is -2.65. The molecule has 0 fully saturated rings. The minimum absolute atomic E-state index is 0.465. The lowest BCUT2D eigenvalue weighted by Gasteiger charge is -2.48. The normalized spacial score (nSPS) is 12.0. The smallest absolute Gasteiger partial charge is 0.183 e. The van der Waals surface area contributed by atoms with Gasteiger partial charge < -0.3 is 9.80 Å². The van der Waals surface area contributed by atoms with E-state index in [1.807, 2.05) is 111 Å². The van der Waals surface area contributed by atoms with Crippen molar-refractivity contribution >= 4 is 51.6 Å². The third kappa shape index (κ3) is 11.8. The van der Waals surface area contributed by atoms with Gasteiger partial charge in [0.05, 0.1) is 5.41 Å². The summed E-state index contributed by atoms with van der Waals surface area (Å²) in [4.78, 5) is 5.18. The highest BCUT2D eigenvalue weighted by Gasteiger charge is 2.49. The van der Waals surface area contributed by atoms with Gasteiger partial charge in [0, 0.05) is 35.8 Å². The number of nitrogens with zero attached hydrogens (tertiary/aromatic N) is 2. The Morgan fingerprint density at radius 3 is 0.843 bits per heavy atom. The van der Waals surface area contributed by atoms with Crippen LogP contribution in [-0.2, 0) is 5.41 Å². The Hall–Kier alpha value is -6.42. The summed E-state index contributed by atoms with van der Waals surface area (Å²) in [5.41, 5.74) is 9.80. The zero-order chi connectivity index (χ0) is 52.0. The molecule has 0 unspecified atom stereocenters. The molecule has 2 heterocycles. The van der Waals surface area contributed by atoms with Gasteiger partial charge in [0.25, 0.3) is 0 Å². The predicted molar refractivity (Wildman–Crippen MR) is 320 cm³/mol. The van der Waals surface area contributed by atoms with E-state index in [9.17, 15) is 0 Å². The molecule has 0 bridgehead atoms. The molecule has 10 rings (SSSR count). The van der Waals surface area contributed by atoms with Crippen molar-refractivity contribution < 1.29 is 0 Å². The van der Waals surface area contributed by atoms with Crippen LogP contribution in [0.4, 0.5) is 22.7 Å². The molecule has 0 aromatic heterocycles. The minimum Gasteiger partial charge on any atom is -0.340 e. The van der Waals surface area contributed by atoms with Crippen molar-refractivity contribution in [3.63, 3.8) is 0 Å². The van der Waals surface area contributed by atoms with Crippen molar-refractivity contribution in [2.45, 2.75) is 116 Å². The third-order valence-corrected chi connectivity index (χ3v) is 16.6. The van der Waals surface area contributed by atoms with Crippen molar-refractivity contribution in [3.05, 3.63) is 241 Å². The van der Waals surface area contributed by atoms with Crippen LogP contribution in [0.2, 0.25) is 0 Å². The highest BCUT2D eigenvalue weighted by Crippen LogP contribution is 2.55. The molecule has 2 nitrogen and oxygen atoms in total. The second kappa shape index (κ2) is 32.4. The molecule has 0 saturated heterocycles. The summed E-state index contributed by atoms with van der Waals surface area (Å²) in [6.45, 7) is 33.6. The van der Waals surface area contributed by atoms with E-state index in [1.54, 1.807) is 0 Å². The lowest BCUT2D eigenvalue weighted by atomic mass is 9.62. The van der Waals surface area contributed by atoms with Crippen molar-refractivity contribution in [3.8, 4) is 0 Å². The van der Waals surface area contributed by atoms with Crippen LogP contribution in [0.5, 0.6) is 0 Å². The van der Waals surface area contributed by atoms with E-state index >= 15 is 0 Å². The van der Waals surface area contributed by atoms with Crippen LogP contribution < -0.4 is 30.5 Å². The van der Waals surface area contributed by atoms with Gasteiger partial charge in [-0.15, -0.1) is 0 Å². The Morgan fingerprint density at radius 2 is 0.514 bits per heavy atom. The molecule has 8 aromatic carbocycles. The van der Waals surface area contributed by atoms with E-state index in [2.05, 4.69) is 228 Å². The predicted octanol–water partition coefficient (Wildman–Crippen LogP) is 17.3. The summed E-state index contributed by atoms with van der Waals surface area (Å²) >= 11 is 0. The molecule has 2 aliphatic rings. The molecule has 0 amide bonds. The van der Waals surface area contributed by atoms with Gasteiger partial charge in [0.2, 0.25) is 0 Å². The number of hydrogen-bond donors (Lipinski definition) is 0. The van der Waals surface area contributed by atoms with Gasteiger partial charge in [0.1, 0.15) is 0 Å². The first-order chi connectivity index (χ1) is 34.8. The molecular formula is C67H88N2Si. The maximum Gasteiger partial charge on any atom is 0.183 e. The monoisotopic (exact) mass is 949 g/mol. The number of rotatable bonds is 7. The van der Waals surface area contributed by atoms with Gasteiger partial charge in [-0.3, -0.25) is 0 Å². The second-order valence-corrected chi connectivity index (χ2v) is 18.1. The van der Waals surface area contributed by atoms with Crippen molar-refractivity contribution in [1.82, 2.24) is 0 Å². The highest BCUT2D eigenvalue weighted by atomic mass is 28.3. The SMILES string of the molecule is CC.CC.CC.CC.CC.CC.CC.CC.c1ccc(C2(c3ccccc3)c3ccccc3N(CCN3c4ccccc4[Si](c4ccccc4)(c4ccccc4)c4ccccc43)c3ccccc32)cc1. The van der Waals surface area contributed by atoms with Gasteiger partial charge in [-0.1, -0.05) is 305 Å². The summed E-state index contributed by atoms with van der Waals surface area (Å²) < 4.78 is 0. The Kier molecular flexibility index (Phi) is 27.6. The molecule has 0 N–H and O–H groups in total. The van der Waals surface area contributed by atoms with Gasteiger partial charge in [-0.25, -0.2) is 0 Å². The van der Waals surface area contributed by atoms with Crippen LogP contribution in [0.1, 0.15) is 133 Å². The number of fused-ring (bicyclic) bond motifs is 4. The van der Waals surface area contributed by atoms with Gasteiger partial charge in [-0.2, -0.15) is 0 Å². The molecule has 2 aliphatic heterocycles. The van der Waals surface area contributed by atoms with Crippen LogP contribution in [0.15, 0.2) is 218 Å². The fraction of sp³-hybridized carbons (Fsp3) is 0.284. The molecule has 370 valence electrons. The van der Waals surface area contributed by atoms with Crippen molar-refractivity contribution in [2.75, 3.05) is 22.9 Å². The first-order valence-electron chi connectivity index (χ1n) is 27.0. The fourth-order valence-corrected chi connectivity index (χ4v) is 14.8. The molecule has 0 spiro atoms. The Bertz CT molecular complexity index is 2210. The fourth-order valence-electron chi connectivity index (χ4n) is 9.67. The Balaban J connectivity index is 0.000000960. The molecule has 70 heavy (non-hydrogen) atoms. The maximum absolute atomic E-state index is 2.65. The molecule has 3 heteroatoms. The van der Waals surface area contributed by atoms with E-state index < -0.39 is 13.5 Å². The first-order valence-corrected chi connectivity index (χ1v) is 29.0. The standard InChI is InChI=1S/C51H40N2Si.8C2H6/c1-5-21-39(22-6-1)51(40-23-7-2-8-24-40)43-29-13-15-31-45(43)52(46-32-16-14-30-44(46)51)37-38-53-47-33-17-19-35-49(47)54(41-25-9-3-10-26-41,42-27-11-4-12-28-42)50-36-20-18-34-48(50)53;8*1-2/h1-36H,37-38H2;8*1-2H3. The second-order valence-electron chi connectivity index (χ2n) is 14.3. The van der Waals surface area contributed by atoms with E-state index in [1.165, 1.54) is 65.8 Å². The molecule has 0 radical (unpaired) electrons. The van der Waals surface area contributed by atoms with Crippen LogP contribution in [0.3, 0.4) is 0 Å².